The molecular weight excluding hydrogens is 321 g/mol. The summed E-state index contributed by atoms with van der Waals surface area (Å²) in [7, 11) is 0. The molecule has 5 nitrogen and oxygen atoms in total. The minimum atomic E-state index is 0. The van der Waals surface area contributed by atoms with Gasteiger partial charge in [0.15, 0.2) is 0 Å². The summed E-state index contributed by atoms with van der Waals surface area (Å²) in [5, 5.41) is 11.3. The Balaban J connectivity index is 0.00000176. The van der Waals surface area contributed by atoms with E-state index >= 15 is 0 Å². The van der Waals surface area contributed by atoms with Gasteiger partial charge in [0, 0.05) is 16.3 Å². The maximum absolute atomic E-state index is 7.35. The molecule has 7 heteroatoms. The van der Waals surface area contributed by atoms with Gasteiger partial charge in [-0.15, -0.1) is 12.4 Å². The Morgan fingerprint density at radius 2 is 1.95 bits per heavy atom. The lowest BCUT2D eigenvalue weighted by atomic mass is 10.2. The largest absolute Gasteiger partial charge is 0.384 e. The van der Waals surface area contributed by atoms with Crippen LogP contribution in [0.1, 0.15) is 11.4 Å². The van der Waals surface area contributed by atoms with Gasteiger partial charge in [-0.3, -0.25) is 5.41 Å². The van der Waals surface area contributed by atoms with E-state index in [0.29, 0.717) is 17.1 Å². The molecule has 0 radical (unpaired) electrons. The number of H-pyrrole nitrogens is 1. The molecule has 0 aliphatic carbocycles. The highest BCUT2D eigenvalue weighted by molar-refractivity contribution is 6.31. The summed E-state index contributed by atoms with van der Waals surface area (Å²) in [6, 6.07) is 13.0. The Bertz CT molecular complexity index is 795. The predicted octanol–water partition coefficient (Wildman–Crippen LogP) is 3.53. The van der Waals surface area contributed by atoms with E-state index in [4.69, 9.17) is 22.7 Å². The maximum Gasteiger partial charge on any atom is 0.126 e. The highest BCUT2D eigenvalue weighted by Gasteiger charge is 2.03. The Morgan fingerprint density at radius 3 is 2.64 bits per heavy atom. The Labute approximate surface area is 138 Å². The van der Waals surface area contributed by atoms with Crippen LogP contribution in [0.3, 0.4) is 0 Å². The number of nitrogens with zero attached hydrogens (tertiary/aromatic N) is 1. The first-order chi connectivity index (χ1) is 10.1. The van der Waals surface area contributed by atoms with Crippen molar-refractivity contribution in [2.75, 3.05) is 5.32 Å². The second-order valence-electron chi connectivity index (χ2n) is 4.69. The zero-order valence-corrected chi connectivity index (χ0v) is 13.1. The molecule has 3 rings (SSSR count). The molecule has 0 fully saturated rings. The van der Waals surface area contributed by atoms with Gasteiger partial charge in [-0.25, -0.2) is 4.98 Å². The number of halogens is 2. The van der Waals surface area contributed by atoms with E-state index in [9.17, 15) is 0 Å². The summed E-state index contributed by atoms with van der Waals surface area (Å²) in [6.45, 7) is 0.575. The van der Waals surface area contributed by atoms with Gasteiger partial charge in [0.25, 0.3) is 0 Å². The second-order valence-corrected chi connectivity index (χ2v) is 5.13. The fourth-order valence-corrected chi connectivity index (χ4v) is 2.24. The minimum Gasteiger partial charge on any atom is -0.384 e. The molecule has 0 saturated heterocycles. The lowest BCUT2D eigenvalue weighted by molar-refractivity contribution is 1.01. The molecular formula is C15H15Cl2N5. The number of nitrogens with one attached hydrogen (secondary N) is 3. The molecule has 0 saturated carbocycles. The Morgan fingerprint density at radius 1 is 1.23 bits per heavy atom. The summed E-state index contributed by atoms with van der Waals surface area (Å²) in [5.41, 5.74) is 8.89. The molecule has 5 N–H and O–H groups in total. The number of nitrogens with two attached hydrogens (primary N) is 1. The van der Waals surface area contributed by atoms with Crippen LogP contribution in [-0.4, -0.2) is 15.8 Å². The van der Waals surface area contributed by atoms with Gasteiger partial charge in [-0.1, -0.05) is 11.6 Å². The van der Waals surface area contributed by atoms with Crippen molar-refractivity contribution < 1.29 is 0 Å². The first-order valence-corrected chi connectivity index (χ1v) is 6.82. The van der Waals surface area contributed by atoms with Gasteiger partial charge < -0.3 is 16.0 Å². The Hall–Kier alpha value is -2.24. The molecule has 3 aromatic rings. The topological polar surface area (TPSA) is 90.6 Å². The summed E-state index contributed by atoms with van der Waals surface area (Å²) in [4.78, 5) is 7.71. The van der Waals surface area contributed by atoms with Crippen LogP contribution in [0.2, 0.25) is 5.02 Å². The number of hydrogen-bond donors (Lipinski definition) is 4. The molecule has 0 spiro atoms. The van der Waals surface area contributed by atoms with E-state index in [0.717, 1.165) is 22.5 Å². The molecule has 1 aromatic heterocycles. The smallest absolute Gasteiger partial charge is 0.126 e. The van der Waals surface area contributed by atoms with E-state index in [-0.39, 0.29) is 18.2 Å². The van der Waals surface area contributed by atoms with Crippen LogP contribution in [0, 0.1) is 5.41 Å². The molecule has 114 valence electrons. The van der Waals surface area contributed by atoms with Crippen LogP contribution in [-0.2, 0) is 6.54 Å². The third-order valence-electron chi connectivity index (χ3n) is 3.15. The minimum absolute atomic E-state index is 0. The molecule has 22 heavy (non-hydrogen) atoms. The fourth-order valence-electron chi connectivity index (χ4n) is 2.07. The van der Waals surface area contributed by atoms with Crippen molar-refractivity contribution in [1.29, 1.82) is 5.41 Å². The summed E-state index contributed by atoms with van der Waals surface area (Å²) < 4.78 is 0. The van der Waals surface area contributed by atoms with Gasteiger partial charge in [0.1, 0.15) is 11.7 Å². The maximum atomic E-state index is 7.35. The van der Waals surface area contributed by atoms with Crippen molar-refractivity contribution >= 4 is 46.6 Å². The van der Waals surface area contributed by atoms with Gasteiger partial charge >= 0.3 is 0 Å². The van der Waals surface area contributed by atoms with Crippen LogP contribution in [0.25, 0.3) is 11.0 Å². The lowest BCUT2D eigenvalue weighted by Gasteiger charge is -2.05. The highest BCUT2D eigenvalue weighted by Crippen LogP contribution is 2.18. The molecule has 1 heterocycles. The van der Waals surface area contributed by atoms with Crippen molar-refractivity contribution in [2.45, 2.75) is 6.54 Å². The quantitative estimate of drug-likeness (QED) is 0.434. The van der Waals surface area contributed by atoms with Crippen LogP contribution in [0.4, 0.5) is 5.69 Å². The zero-order chi connectivity index (χ0) is 14.8. The summed E-state index contributed by atoms with van der Waals surface area (Å²) in [5.74, 6) is 0.902. The third kappa shape index (κ3) is 3.50. The number of nitrogen functional groups attached to an aromatic ring is 1. The number of amidine groups is 1. The molecule has 0 unspecified atom stereocenters. The third-order valence-corrected chi connectivity index (χ3v) is 3.38. The predicted molar refractivity (Wildman–Crippen MR) is 93.1 cm³/mol. The number of imidazole rings is 1. The molecule has 0 bridgehead atoms. The van der Waals surface area contributed by atoms with Crippen molar-refractivity contribution in [2.24, 2.45) is 5.73 Å². The first kappa shape index (κ1) is 16.1. The number of aromatic nitrogens is 2. The van der Waals surface area contributed by atoms with Crippen LogP contribution in [0.5, 0.6) is 0 Å². The number of rotatable bonds is 4. The average molecular weight is 336 g/mol. The number of fused-ring (bicyclic) bond motifs is 1. The van der Waals surface area contributed by atoms with E-state index < -0.39 is 0 Å². The molecule has 0 amide bonds. The van der Waals surface area contributed by atoms with E-state index in [1.165, 1.54) is 0 Å². The highest BCUT2D eigenvalue weighted by atomic mass is 35.5. The van der Waals surface area contributed by atoms with Gasteiger partial charge in [-0.2, -0.15) is 0 Å². The number of hydrogen-bond acceptors (Lipinski definition) is 3. The monoisotopic (exact) mass is 335 g/mol. The molecule has 0 aliphatic rings. The van der Waals surface area contributed by atoms with Crippen molar-refractivity contribution in [1.82, 2.24) is 9.97 Å². The Kier molecular flexibility index (Phi) is 4.90. The van der Waals surface area contributed by atoms with E-state index in [1.807, 2.05) is 42.5 Å². The van der Waals surface area contributed by atoms with Crippen molar-refractivity contribution in [3.05, 3.63) is 58.9 Å². The average Bonchev–Trinajstić information content (AvgIpc) is 2.87. The van der Waals surface area contributed by atoms with Crippen molar-refractivity contribution in [3.8, 4) is 0 Å². The van der Waals surface area contributed by atoms with E-state index in [2.05, 4.69) is 15.3 Å². The second kappa shape index (κ2) is 6.68. The van der Waals surface area contributed by atoms with Crippen LogP contribution in [0.15, 0.2) is 42.5 Å². The first-order valence-electron chi connectivity index (χ1n) is 6.44. The van der Waals surface area contributed by atoms with Gasteiger partial charge in [-0.05, 0) is 42.5 Å². The zero-order valence-electron chi connectivity index (χ0n) is 11.6. The summed E-state index contributed by atoms with van der Waals surface area (Å²) in [6.07, 6.45) is 0. The van der Waals surface area contributed by atoms with Crippen LogP contribution >= 0.6 is 24.0 Å². The molecule has 0 atom stereocenters. The number of aromatic amines is 1. The van der Waals surface area contributed by atoms with Gasteiger partial charge in [0.05, 0.1) is 17.6 Å². The van der Waals surface area contributed by atoms with Gasteiger partial charge in [0.2, 0.25) is 0 Å². The van der Waals surface area contributed by atoms with Crippen molar-refractivity contribution in [3.63, 3.8) is 0 Å². The number of anilines is 1. The van der Waals surface area contributed by atoms with E-state index in [1.54, 1.807) is 0 Å². The number of benzene rings is 2. The SMILES string of the molecule is Cl.N=C(N)c1ccc(NCc2nc3ccc(Cl)cc3[nH]2)cc1. The summed E-state index contributed by atoms with van der Waals surface area (Å²) >= 11 is 5.95. The standard InChI is InChI=1S/C15H14ClN5.ClH/c16-10-3-6-12-13(7-10)21-14(20-12)8-19-11-4-1-9(2-5-11)15(17)18;/h1-7,19H,8H2,(H3,17,18)(H,20,21);1H. The van der Waals surface area contributed by atoms with Crippen LogP contribution < -0.4 is 11.1 Å². The molecule has 2 aromatic carbocycles. The lowest BCUT2D eigenvalue weighted by Crippen LogP contribution is -2.10. The normalized spacial score (nSPS) is 10.2. The fraction of sp³-hybridized carbons (Fsp3) is 0.0667. The molecule has 0 aliphatic heterocycles.